The van der Waals surface area contributed by atoms with Gasteiger partial charge >= 0.3 is 0 Å². The number of halogens is 2. The lowest BCUT2D eigenvalue weighted by Crippen LogP contribution is -2.22. The molecule has 0 aliphatic rings. The van der Waals surface area contributed by atoms with E-state index in [9.17, 15) is 9.18 Å². The van der Waals surface area contributed by atoms with Crippen molar-refractivity contribution in [3.63, 3.8) is 0 Å². The van der Waals surface area contributed by atoms with E-state index in [1.807, 2.05) is 0 Å². The van der Waals surface area contributed by atoms with Gasteiger partial charge in [0.2, 0.25) is 0 Å². The first kappa shape index (κ1) is 13.5. The predicted molar refractivity (Wildman–Crippen MR) is 75.6 cm³/mol. The van der Waals surface area contributed by atoms with E-state index in [0.29, 0.717) is 16.9 Å². The Morgan fingerprint density at radius 1 is 1.33 bits per heavy atom. The number of nitrogens with zero attached hydrogens (tertiary/aromatic N) is 3. The van der Waals surface area contributed by atoms with E-state index in [0.717, 1.165) is 0 Å². The highest BCUT2D eigenvalue weighted by atomic mass is 35.5. The number of fused-ring (bicyclic) bond motifs is 1. The smallest absolute Gasteiger partial charge is 0.251 e. The van der Waals surface area contributed by atoms with Gasteiger partial charge in [0.25, 0.3) is 5.91 Å². The molecule has 1 amide bonds. The van der Waals surface area contributed by atoms with Gasteiger partial charge in [-0.2, -0.15) is 0 Å². The highest BCUT2D eigenvalue weighted by molar-refractivity contribution is 6.29. The number of amides is 1. The lowest BCUT2D eigenvalue weighted by atomic mass is 10.2. The average Bonchev–Trinajstić information content (AvgIpc) is 2.86. The second kappa shape index (κ2) is 5.49. The van der Waals surface area contributed by atoms with Crippen LogP contribution >= 0.6 is 11.6 Å². The number of aromatic nitrogens is 3. The van der Waals surface area contributed by atoms with E-state index in [4.69, 9.17) is 11.6 Å². The van der Waals surface area contributed by atoms with Crippen LogP contribution in [0.5, 0.6) is 0 Å². The minimum Gasteiger partial charge on any atom is -0.346 e. The van der Waals surface area contributed by atoms with Crippen molar-refractivity contribution < 1.29 is 9.18 Å². The summed E-state index contributed by atoms with van der Waals surface area (Å²) in [5.74, 6) is -0.621. The van der Waals surface area contributed by atoms with Crippen molar-refractivity contribution in [3.05, 3.63) is 65.1 Å². The summed E-state index contributed by atoms with van der Waals surface area (Å²) in [6, 6.07) is 5.96. The molecule has 0 bridgehead atoms. The molecule has 3 heterocycles. The molecule has 0 radical (unpaired) electrons. The SMILES string of the molecule is O=C(NCc1cn2cc(F)ccc2n1)c1ccnc(Cl)c1. The zero-order valence-corrected chi connectivity index (χ0v) is 11.5. The van der Waals surface area contributed by atoms with Crippen LogP contribution in [0.2, 0.25) is 5.15 Å². The van der Waals surface area contributed by atoms with Crippen molar-refractivity contribution in [1.29, 1.82) is 0 Å². The molecule has 21 heavy (non-hydrogen) atoms. The number of imidazole rings is 1. The zero-order valence-electron chi connectivity index (χ0n) is 10.8. The summed E-state index contributed by atoms with van der Waals surface area (Å²) < 4.78 is 14.7. The Kier molecular flexibility index (Phi) is 3.53. The first-order chi connectivity index (χ1) is 10.1. The first-order valence-electron chi connectivity index (χ1n) is 6.15. The van der Waals surface area contributed by atoms with E-state index in [-0.39, 0.29) is 23.4 Å². The molecule has 5 nitrogen and oxygen atoms in total. The zero-order chi connectivity index (χ0) is 14.8. The fourth-order valence-corrected chi connectivity index (χ4v) is 2.09. The van der Waals surface area contributed by atoms with Crippen molar-refractivity contribution in [1.82, 2.24) is 19.7 Å². The molecule has 0 aromatic carbocycles. The summed E-state index contributed by atoms with van der Waals surface area (Å²) in [6.07, 6.45) is 4.46. The van der Waals surface area contributed by atoms with Gasteiger partial charge in [-0.15, -0.1) is 0 Å². The van der Waals surface area contributed by atoms with Crippen molar-refractivity contribution in [3.8, 4) is 0 Å². The Hall–Kier alpha value is -2.47. The van der Waals surface area contributed by atoms with E-state index >= 15 is 0 Å². The van der Waals surface area contributed by atoms with E-state index < -0.39 is 0 Å². The van der Waals surface area contributed by atoms with Gasteiger partial charge in [-0.05, 0) is 24.3 Å². The molecule has 0 saturated carbocycles. The molecule has 1 N–H and O–H groups in total. The lowest BCUT2D eigenvalue weighted by molar-refractivity contribution is 0.0950. The van der Waals surface area contributed by atoms with Gasteiger partial charge in [-0.1, -0.05) is 11.6 Å². The van der Waals surface area contributed by atoms with Crippen molar-refractivity contribution in [2.75, 3.05) is 0 Å². The molecular weight excluding hydrogens is 295 g/mol. The largest absolute Gasteiger partial charge is 0.346 e. The highest BCUT2D eigenvalue weighted by Crippen LogP contribution is 2.09. The molecule has 0 saturated heterocycles. The standard InChI is InChI=1S/C14H10ClFN4O/c15-12-5-9(3-4-17-12)14(21)18-6-11-8-20-7-10(16)1-2-13(20)19-11/h1-5,7-8H,6H2,(H,18,21). The van der Waals surface area contributed by atoms with E-state index in [2.05, 4.69) is 15.3 Å². The van der Waals surface area contributed by atoms with Gasteiger partial charge in [0.05, 0.1) is 12.2 Å². The summed E-state index contributed by atoms with van der Waals surface area (Å²) in [4.78, 5) is 20.0. The van der Waals surface area contributed by atoms with Crippen LogP contribution in [0.25, 0.3) is 5.65 Å². The maximum atomic E-state index is 13.1. The Balaban J connectivity index is 1.72. The normalized spacial score (nSPS) is 10.8. The molecule has 0 fully saturated rings. The number of carbonyl (C=O) groups excluding carboxylic acids is 1. The van der Waals surface area contributed by atoms with Crippen LogP contribution in [-0.4, -0.2) is 20.3 Å². The van der Waals surface area contributed by atoms with E-state index in [1.54, 1.807) is 22.7 Å². The molecule has 0 unspecified atom stereocenters. The molecule has 3 rings (SSSR count). The Bertz CT molecular complexity index is 818. The van der Waals surface area contributed by atoms with Crippen LogP contribution in [0.15, 0.2) is 42.9 Å². The van der Waals surface area contributed by atoms with Crippen LogP contribution in [-0.2, 0) is 6.54 Å². The van der Waals surface area contributed by atoms with E-state index in [1.165, 1.54) is 24.5 Å². The predicted octanol–water partition coefficient (Wildman–Crippen LogP) is 2.45. The second-order valence-electron chi connectivity index (χ2n) is 4.39. The molecule has 106 valence electrons. The van der Waals surface area contributed by atoms with Crippen molar-refractivity contribution in [2.45, 2.75) is 6.54 Å². The van der Waals surface area contributed by atoms with Crippen LogP contribution in [0, 0.1) is 5.82 Å². The number of hydrogen-bond acceptors (Lipinski definition) is 3. The Morgan fingerprint density at radius 3 is 3.00 bits per heavy atom. The summed E-state index contributed by atoms with van der Waals surface area (Å²) in [6.45, 7) is 0.238. The van der Waals surface area contributed by atoms with Crippen LogP contribution < -0.4 is 5.32 Å². The first-order valence-corrected chi connectivity index (χ1v) is 6.52. The Labute approximate surface area is 124 Å². The molecule has 0 spiro atoms. The van der Waals surface area contributed by atoms with Crippen molar-refractivity contribution >= 4 is 23.2 Å². The third-order valence-electron chi connectivity index (χ3n) is 2.88. The highest BCUT2D eigenvalue weighted by Gasteiger charge is 2.08. The van der Waals surface area contributed by atoms with Gasteiger partial charge in [0.15, 0.2) is 0 Å². The van der Waals surface area contributed by atoms with Crippen LogP contribution in [0.1, 0.15) is 16.1 Å². The minimum absolute atomic E-state index is 0.238. The number of rotatable bonds is 3. The topological polar surface area (TPSA) is 59.3 Å². The van der Waals surface area contributed by atoms with Gasteiger partial charge in [0, 0.05) is 24.2 Å². The summed E-state index contributed by atoms with van der Waals surface area (Å²) >= 11 is 5.73. The molecule has 0 aliphatic carbocycles. The fraction of sp³-hybridized carbons (Fsp3) is 0.0714. The third kappa shape index (κ3) is 3.00. The lowest BCUT2D eigenvalue weighted by Gasteiger charge is -2.02. The van der Waals surface area contributed by atoms with Crippen molar-refractivity contribution in [2.24, 2.45) is 0 Å². The van der Waals surface area contributed by atoms with Gasteiger partial charge in [0.1, 0.15) is 16.6 Å². The minimum atomic E-state index is -0.345. The van der Waals surface area contributed by atoms with Gasteiger partial charge < -0.3 is 9.72 Å². The number of nitrogens with one attached hydrogen (secondary N) is 1. The fourth-order valence-electron chi connectivity index (χ4n) is 1.92. The quantitative estimate of drug-likeness (QED) is 0.756. The van der Waals surface area contributed by atoms with Gasteiger partial charge in [-0.25, -0.2) is 14.4 Å². The molecule has 0 aliphatic heterocycles. The second-order valence-corrected chi connectivity index (χ2v) is 4.78. The number of hydrogen-bond donors (Lipinski definition) is 1. The maximum absolute atomic E-state index is 13.1. The maximum Gasteiger partial charge on any atom is 0.251 e. The van der Waals surface area contributed by atoms with Crippen LogP contribution in [0.4, 0.5) is 4.39 Å². The Morgan fingerprint density at radius 2 is 2.19 bits per heavy atom. The summed E-state index contributed by atoms with van der Waals surface area (Å²) in [5, 5.41) is 2.98. The number of pyridine rings is 2. The summed E-state index contributed by atoms with van der Waals surface area (Å²) in [5.41, 5.74) is 1.67. The molecular formula is C14H10ClFN4O. The monoisotopic (exact) mass is 304 g/mol. The molecule has 3 aromatic rings. The number of carbonyl (C=O) groups is 1. The van der Waals surface area contributed by atoms with Gasteiger partial charge in [-0.3, -0.25) is 4.79 Å². The summed E-state index contributed by atoms with van der Waals surface area (Å²) in [7, 11) is 0. The third-order valence-corrected chi connectivity index (χ3v) is 3.09. The average molecular weight is 305 g/mol. The molecule has 0 atom stereocenters. The van der Waals surface area contributed by atoms with Crippen LogP contribution in [0.3, 0.4) is 0 Å². The molecule has 7 heteroatoms. The molecule has 3 aromatic heterocycles.